The van der Waals surface area contributed by atoms with Gasteiger partial charge in [0.2, 0.25) is 0 Å². The number of methoxy groups -OCH3 is 1. The van der Waals surface area contributed by atoms with E-state index in [-0.39, 0.29) is 16.6 Å². The zero-order valence-corrected chi connectivity index (χ0v) is 12.4. The molecule has 1 heterocycles. The van der Waals surface area contributed by atoms with Gasteiger partial charge in [-0.2, -0.15) is 0 Å². The number of ether oxygens (including phenoxy) is 1. The fraction of sp³-hybridized carbons (Fsp3) is 0.571. The summed E-state index contributed by atoms with van der Waals surface area (Å²) in [7, 11) is 1.64. The Morgan fingerprint density at radius 1 is 1.65 bits per heavy atom. The van der Waals surface area contributed by atoms with Crippen molar-refractivity contribution in [3.8, 4) is 0 Å². The van der Waals surface area contributed by atoms with Crippen LogP contribution in [-0.2, 0) is 4.74 Å². The molecule has 0 radical (unpaired) electrons. The molecule has 1 atom stereocenters. The maximum absolute atomic E-state index is 11.2. The summed E-state index contributed by atoms with van der Waals surface area (Å²) in [6, 6.07) is 1.70. The van der Waals surface area contributed by atoms with Gasteiger partial charge in [-0.1, -0.05) is 11.6 Å². The summed E-state index contributed by atoms with van der Waals surface area (Å²) < 4.78 is 5.13. The molecule has 0 amide bonds. The Morgan fingerprint density at radius 2 is 2.35 bits per heavy atom. The van der Waals surface area contributed by atoms with Gasteiger partial charge in [0.05, 0.1) is 17.2 Å². The van der Waals surface area contributed by atoms with Crippen LogP contribution in [0.15, 0.2) is 12.3 Å². The van der Waals surface area contributed by atoms with Crippen LogP contribution in [0.2, 0.25) is 5.02 Å². The number of aromatic carboxylic acids is 1. The fourth-order valence-electron chi connectivity index (χ4n) is 2.32. The first kappa shape index (κ1) is 15.1. The van der Waals surface area contributed by atoms with Crippen molar-refractivity contribution < 1.29 is 14.6 Å². The molecule has 0 spiro atoms. The predicted molar refractivity (Wildman–Crippen MR) is 77.6 cm³/mol. The number of carboxylic acids is 1. The second-order valence-electron chi connectivity index (χ2n) is 5.07. The van der Waals surface area contributed by atoms with Crippen LogP contribution < -0.4 is 4.90 Å². The van der Waals surface area contributed by atoms with Crippen molar-refractivity contribution in [1.29, 1.82) is 0 Å². The van der Waals surface area contributed by atoms with Crippen molar-refractivity contribution in [3.05, 3.63) is 22.8 Å². The molecule has 0 bridgehead atoms. The van der Waals surface area contributed by atoms with Gasteiger partial charge in [-0.25, -0.2) is 9.78 Å². The molecule has 1 N–H and O–H groups in total. The summed E-state index contributed by atoms with van der Waals surface area (Å²) in [6.45, 7) is 3.31. The first-order valence-electron chi connectivity index (χ1n) is 6.69. The van der Waals surface area contributed by atoms with Gasteiger partial charge in [-0.3, -0.25) is 0 Å². The molecule has 6 heteroatoms. The molecule has 110 valence electrons. The molecule has 1 aromatic rings. The number of pyridine rings is 1. The van der Waals surface area contributed by atoms with Gasteiger partial charge in [-0.05, 0) is 31.7 Å². The van der Waals surface area contributed by atoms with Crippen molar-refractivity contribution in [3.63, 3.8) is 0 Å². The third kappa shape index (κ3) is 3.22. The standard InChI is InChI=1S/C14H19ClN2O3/c1-9(10-3-4-10)17(7-8-20-2)13-12(15)11(14(18)19)5-6-16-13/h5-6,9-10H,3-4,7-8H2,1-2H3,(H,18,19). The molecular weight excluding hydrogens is 280 g/mol. The molecule has 0 aliphatic heterocycles. The minimum Gasteiger partial charge on any atom is -0.478 e. The van der Waals surface area contributed by atoms with Gasteiger partial charge < -0.3 is 14.7 Å². The second kappa shape index (κ2) is 6.41. The Balaban J connectivity index is 2.31. The van der Waals surface area contributed by atoms with Crippen LogP contribution in [0, 0.1) is 5.92 Å². The lowest BCUT2D eigenvalue weighted by molar-refractivity contribution is 0.0697. The first-order valence-corrected chi connectivity index (χ1v) is 7.07. The van der Waals surface area contributed by atoms with E-state index >= 15 is 0 Å². The van der Waals surface area contributed by atoms with Crippen LogP contribution >= 0.6 is 11.6 Å². The lowest BCUT2D eigenvalue weighted by Gasteiger charge is -2.31. The third-order valence-corrected chi connectivity index (χ3v) is 4.08. The Bertz CT molecular complexity index is 491. The summed E-state index contributed by atoms with van der Waals surface area (Å²) in [6.07, 6.45) is 3.88. The maximum atomic E-state index is 11.2. The molecule has 0 saturated heterocycles. The smallest absolute Gasteiger partial charge is 0.337 e. The summed E-state index contributed by atoms with van der Waals surface area (Å²) >= 11 is 6.22. The van der Waals surface area contributed by atoms with Crippen molar-refractivity contribution in [2.45, 2.75) is 25.8 Å². The number of hydrogen-bond donors (Lipinski definition) is 1. The molecule has 2 rings (SSSR count). The summed E-state index contributed by atoms with van der Waals surface area (Å²) in [5.41, 5.74) is 0.0853. The Labute approximate surface area is 123 Å². The number of nitrogens with zero attached hydrogens (tertiary/aromatic N) is 2. The highest BCUT2D eigenvalue weighted by Crippen LogP contribution is 2.38. The van der Waals surface area contributed by atoms with E-state index < -0.39 is 5.97 Å². The van der Waals surface area contributed by atoms with E-state index in [1.54, 1.807) is 7.11 Å². The zero-order valence-electron chi connectivity index (χ0n) is 11.7. The second-order valence-corrected chi connectivity index (χ2v) is 5.44. The van der Waals surface area contributed by atoms with Gasteiger partial charge in [0.25, 0.3) is 0 Å². The molecule has 5 nitrogen and oxygen atoms in total. The molecule has 0 aromatic carbocycles. The maximum Gasteiger partial charge on any atom is 0.337 e. The highest BCUT2D eigenvalue weighted by atomic mass is 35.5. The van der Waals surface area contributed by atoms with E-state index in [1.165, 1.54) is 25.1 Å². The van der Waals surface area contributed by atoms with E-state index in [0.29, 0.717) is 24.9 Å². The van der Waals surface area contributed by atoms with Gasteiger partial charge in [0, 0.05) is 25.9 Å². The van der Waals surface area contributed by atoms with Crippen LogP contribution in [0.4, 0.5) is 5.82 Å². The van der Waals surface area contributed by atoms with Gasteiger partial charge >= 0.3 is 5.97 Å². The Hall–Kier alpha value is -1.33. The fourth-order valence-corrected chi connectivity index (χ4v) is 2.62. The van der Waals surface area contributed by atoms with Crippen molar-refractivity contribution in [2.75, 3.05) is 25.2 Å². The van der Waals surface area contributed by atoms with E-state index in [9.17, 15) is 4.79 Å². The number of rotatable bonds is 7. The van der Waals surface area contributed by atoms with Gasteiger partial charge in [-0.15, -0.1) is 0 Å². The first-order chi connectivity index (χ1) is 9.56. The molecule has 1 unspecified atom stereocenters. The number of anilines is 1. The SMILES string of the molecule is COCCN(c1nccc(C(=O)O)c1Cl)C(C)C1CC1. The predicted octanol–water partition coefficient (Wildman–Crippen LogP) is 2.68. The van der Waals surface area contributed by atoms with Crippen molar-refractivity contribution >= 4 is 23.4 Å². The van der Waals surface area contributed by atoms with Crippen LogP contribution in [0.5, 0.6) is 0 Å². The summed E-state index contributed by atoms with van der Waals surface area (Å²) in [5, 5.41) is 9.35. The molecule has 1 saturated carbocycles. The van der Waals surface area contributed by atoms with Crippen LogP contribution in [-0.4, -0.2) is 42.4 Å². The molecule has 1 aromatic heterocycles. The van der Waals surface area contributed by atoms with Crippen molar-refractivity contribution in [1.82, 2.24) is 4.98 Å². The van der Waals surface area contributed by atoms with Gasteiger partial charge in [0.1, 0.15) is 5.82 Å². The lowest BCUT2D eigenvalue weighted by Crippen LogP contribution is -2.38. The van der Waals surface area contributed by atoms with E-state index in [4.69, 9.17) is 21.4 Å². The molecule has 1 aliphatic rings. The number of aromatic nitrogens is 1. The average molecular weight is 299 g/mol. The molecule has 1 fully saturated rings. The third-order valence-electron chi connectivity index (χ3n) is 3.71. The lowest BCUT2D eigenvalue weighted by atomic mass is 10.1. The Morgan fingerprint density at radius 3 is 2.90 bits per heavy atom. The van der Waals surface area contributed by atoms with E-state index in [0.717, 1.165) is 0 Å². The minimum absolute atomic E-state index is 0.0853. The number of halogens is 1. The largest absolute Gasteiger partial charge is 0.478 e. The van der Waals surface area contributed by atoms with Crippen LogP contribution in [0.25, 0.3) is 0 Å². The topological polar surface area (TPSA) is 62.7 Å². The monoisotopic (exact) mass is 298 g/mol. The quantitative estimate of drug-likeness (QED) is 0.838. The van der Waals surface area contributed by atoms with Gasteiger partial charge in [0.15, 0.2) is 0 Å². The normalized spacial score (nSPS) is 15.9. The summed E-state index contributed by atoms with van der Waals surface area (Å²) in [4.78, 5) is 17.5. The number of carbonyl (C=O) groups is 1. The number of hydrogen-bond acceptors (Lipinski definition) is 4. The zero-order chi connectivity index (χ0) is 14.7. The number of carboxylic acid groups (broad SMARTS) is 1. The average Bonchev–Trinajstić information content (AvgIpc) is 3.24. The Kier molecular flexibility index (Phi) is 4.83. The summed E-state index contributed by atoms with van der Waals surface area (Å²) in [5.74, 6) is 0.116. The van der Waals surface area contributed by atoms with Crippen LogP contribution in [0.1, 0.15) is 30.1 Å². The van der Waals surface area contributed by atoms with Crippen LogP contribution in [0.3, 0.4) is 0 Å². The molecule has 1 aliphatic carbocycles. The van der Waals surface area contributed by atoms with Crippen molar-refractivity contribution in [2.24, 2.45) is 5.92 Å². The molecular formula is C14H19ClN2O3. The minimum atomic E-state index is -1.04. The molecule has 20 heavy (non-hydrogen) atoms. The highest BCUT2D eigenvalue weighted by Gasteiger charge is 2.33. The van der Waals surface area contributed by atoms with E-state index in [1.807, 2.05) is 0 Å². The van der Waals surface area contributed by atoms with E-state index in [2.05, 4.69) is 16.8 Å². The highest BCUT2D eigenvalue weighted by molar-refractivity contribution is 6.35.